The maximum absolute atomic E-state index is 12.4. The highest BCUT2D eigenvalue weighted by atomic mass is 16.6. The Morgan fingerprint density at radius 2 is 1.67 bits per heavy atom. The molecule has 9 nitrogen and oxygen atoms in total. The maximum atomic E-state index is 12.4. The molecule has 0 amide bonds. The van der Waals surface area contributed by atoms with Crippen LogP contribution in [0.4, 0.5) is 5.69 Å². The van der Waals surface area contributed by atoms with Crippen molar-refractivity contribution in [3.8, 4) is 0 Å². The van der Waals surface area contributed by atoms with Crippen LogP contribution in [0.1, 0.15) is 13.8 Å². The number of para-hydroxylation sites is 1. The Morgan fingerprint density at radius 3 is 2.33 bits per heavy atom. The molecule has 30 heavy (non-hydrogen) atoms. The van der Waals surface area contributed by atoms with Gasteiger partial charge in [-0.15, -0.1) is 0 Å². The van der Waals surface area contributed by atoms with Gasteiger partial charge in [0.2, 0.25) is 0 Å². The van der Waals surface area contributed by atoms with Gasteiger partial charge in [-0.1, -0.05) is 12.1 Å². The number of hydrogen-bond donors (Lipinski definition) is 1. The summed E-state index contributed by atoms with van der Waals surface area (Å²) in [4.78, 5) is 48.6. The second kappa shape index (κ2) is 9.08. The van der Waals surface area contributed by atoms with Crippen LogP contribution >= 0.6 is 0 Å². The molecule has 2 aromatic heterocycles. The smallest absolute Gasteiger partial charge is 0.360 e. The molecule has 9 heteroatoms. The lowest BCUT2D eigenvalue weighted by Crippen LogP contribution is -2.26. The summed E-state index contributed by atoms with van der Waals surface area (Å²) in [5.74, 6) is -2.88. The van der Waals surface area contributed by atoms with E-state index in [0.717, 1.165) is 0 Å². The zero-order valence-corrected chi connectivity index (χ0v) is 16.3. The SMILES string of the molecule is CCOC(=O)C(/C=C/Nc1cc2c(=O)oc3ccccc3c2oc1=O)C(=O)OCC. The van der Waals surface area contributed by atoms with E-state index in [1.807, 2.05) is 0 Å². The molecule has 0 fully saturated rings. The van der Waals surface area contributed by atoms with Crippen LogP contribution in [0.3, 0.4) is 0 Å². The fourth-order valence-corrected chi connectivity index (χ4v) is 2.77. The molecule has 0 aliphatic carbocycles. The van der Waals surface area contributed by atoms with Crippen LogP contribution in [-0.4, -0.2) is 25.2 Å². The third kappa shape index (κ3) is 4.24. The Balaban J connectivity index is 1.94. The minimum atomic E-state index is -1.31. The van der Waals surface area contributed by atoms with E-state index in [2.05, 4.69) is 5.32 Å². The molecular formula is C21H19NO8. The molecule has 0 aliphatic rings. The van der Waals surface area contributed by atoms with E-state index in [1.54, 1.807) is 38.1 Å². The number of nitrogens with one attached hydrogen (secondary N) is 1. The summed E-state index contributed by atoms with van der Waals surface area (Å²) in [7, 11) is 0. The van der Waals surface area contributed by atoms with Crippen molar-refractivity contribution < 1.29 is 27.9 Å². The predicted octanol–water partition coefficient (Wildman–Crippen LogP) is 2.57. The lowest BCUT2D eigenvalue weighted by molar-refractivity contribution is -0.158. The normalized spacial score (nSPS) is 11.3. The highest BCUT2D eigenvalue weighted by Crippen LogP contribution is 2.22. The number of hydrogen-bond acceptors (Lipinski definition) is 9. The Bertz CT molecular complexity index is 1220. The molecule has 0 radical (unpaired) electrons. The van der Waals surface area contributed by atoms with Crippen LogP contribution in [0.15, 0.2) is 61.0 Å². The summed E-state index contributed by atoms with van der Waals surface area (Å²) in [5.41, 5.74) is -1.09. The van der Waals surface area contributed by atoms with E-state index in [1.165, 1.54) is 18.3 Å². The van der Waals surface area contributed by atoms with Crippen molar-refractivity contribution in [2.24, 2.45) is 5.92 Å². The molecule has 1 aromatic carbocycles. The number of esters is 2. The van der Waals surface area contributed by atoms with E-state index in [4.69, 9.17) is 18.3 Å². The van der Waals surface area contributed by atoms with Gasteiger partial charge < -0.3 is 23.6 Å². The molecule has 0 saturated carbocycles. The number of carbonyl (C=O) groups is 2. The number of anilines is 1. The van der Waals surface area contributed by atoms with Crippen molar-refractivity contribution in [1.82, 2.24) is 0 Å². The molecule has 1 N–H and O–H groups in total. The van der Waals surface area contributed by atoms with Crippen molar-refractivity contribution in [3.63, 3.8) is 0 Å². The van der Waals surface area contributed by atoms with Crippen molar-refractivity contribution >= 4 is 39.6 Å². The van der Waals surface area contributed by atoms with E-state index >= 15 is 0 Å². The van der Waals surface area contributed by atoms with Crippen molar-refractivity contribution in [1.29, 1.82) is 0 Å². The molecule has 3 aromatic rings. The Labute approximate surface area is 169 Å². The Hall–Kier alpha value is -3.88. The number of benzene rings is 1. The quantitative estimate of drug-likeness (QED) is 0.269. The number of rotatable bonds is 7. The van der Waals surface area contributed by atoms with Gasteiger partial charge in [0.15, 0.2) is 11.5 Å². The zero-order chi connectivity index (χ0) is 21.7. The van der Waals surface area contributed by atoms with Crippen LogP contribution < -0.4 is 16.6 Å². The molecule has 156 valence electrons. The Kier molecular flexibility index (Phi) is 6.31. The highest BCUT2D eigenvalue weighted by molar-refractivity contribution is 6.01. The molecule has 0 spiro atoms. The third-order valence-corrected chi connectivity index (χ3v) is 4.11. The first-order valence-corrected chi connectivity index (χ1v) is 9.22. The standard InChI is InChI=1S/C21H19NO8/c1-3-27-18(23)13(19(24)28-4-2)9-10-22-15-11-14-17(30-21(15)26)12-7-5-6-8-16(12)29-20(14)25/h5-11,13,22H,3-4H2,1-2H3/b10-9+. The van der Waals surface area contributed by atoms with Gasteiger partial charge in [-0.05, 0) is 44.3 Å². The summed E-state index contributed by atoms with van der Waals surface area (Å²) in [6, 6.07) is 7.96. The molecule has 3 rings (SSSR count). The monoisotopic (exact) mass is 413 g/mol. The van der Waals surface area contributed by atoms with E-state index in [-0.39, 0.29) is 29.9 Å². The maximum Gasteiger partial charge on any atom is 0.360 e. The van der Waals surface area contributed by atoms with Crippen LogP contribution in [0, 0.1) is 5.92 Å². The van der Waals surface area contributed by atoms with E-state index < -0.39 is 29.1 Å². The van der Waals surface area contributed by atoms with Gasteiger partial charge in [0.1, 0.15) is 16.7 Å². The third-order valence-electron chi connectivity index (χ3n) is 4.11. The van der Waals surface area contributed by atoms with Gasteiger partial charge in [-0.3, -0.25) is 9.59 Å². The lowest BCUT2D eigenvalue weighted by atomic mass is 10.1. The average molecular weight is 413 g/mol. The van der Waals surface area contributed by atoms with Gasteiger partial charge in [-0.25, -0.2) is 9.59 Å². The minimum Gasteiger partial charge on any atom is -0.465 e. The molecular weight excluding hydrogens is 394 g/mol. The number of carbonyl (C=O) groups excluding carboxylic acids is 2. The van der Waals surface area contributed by atoms with E-state index in [0.29, 0.717) is 11.0 Å². The molecule has 2 heterocycles. The van der Waals surface area contributed by atoms with Crippen molar-refractivity contribution in [2.45, 2.75) is 13.8 Å². The summed E-state index contributed by atoms with van der Waals surface area (Å²) in [6.07, 6.45) is 2.40. The molecule has 0 atom stereocenters. The largest absolute Gasteiger partial charge is 0.465 e. The zero-order valence-electron chi connectivity index (χ0n) is 16.3. The van der Waals surface area contributed by atoms with Gasteiger partial charge in [0.05, 0.1) is 18.6 Å². The average Bonchev–Trinajstić information content (AvgIpc) is 2.72. The molecule has 0 bridgehead atoms. The first kappa shape index (κ1) is 20.8. The number of fused-ring (bicyclic) bond motifs is 3. The molecule has 0 unspecified atom stereocenters. The van der Waals surface area contributed by atoms with Gasteiger partial charge in [-0.2, -0.15) is 0 Å². The molecule has 0 saturated heterocycles. The summed E-state index contributed by atoms with van der Waals surface area (Å²) in [6.45, 7) is 3.40. The fraction of sp³-hybridized carbons (Fsp3) is 0.238. The minimum absolute atomic E-state index is 0.0662. The topological polar surface area (TPSA) is 125 Å². The van der Waals surface area contributed by atoms with Crippen molar-refractivity contribution in [2.75, 3.05) is 18.5 Å². The lowest BCUT2D eigenvalue weighted by Gasteiger charge is -2.10. The van der Waals surface area contributed by atoms with Crippen molar-refractivity contribution in [3.05, 3.63) is 63.4 Å². The highest BCUT2D eigenvalue weighted by Gasteiger charge is 2.26. The summed E-state index contributed by atoms with van der Waals surface area (Å²) in [5, 5.41) is 3.17. The fourth-order valence-electron chi connectivity index (χ4n) is 2.77. The van der Waals surface area contributed by atoms with Gasteiger partial charge in [0.25, 0.3) is 0 Å². The predicted molar refractivity (Wildman–Crippen MR) is 108 cm³/mol. The summed E-state index contributed by atoms with van der Waals surface area (Å²) < 4.78 is 20.3. The first-order chi connectivity index (χ1) is 14.5. The first-order valence-electron chi connectivity index (χ1n) is 9.22. The molecule has 0 aliphatic heterocycles. The van der Waals surface area contributed by atoms with Crippen LogP contribution in [-0.2, 0) is 19.1 Å². The van der Waals surface area contributed by atoms with Crippen LogP contribution in [0.25, 0.3) is 21.9 Å². The van der Waals surface area contributed by atoms with Crippen LogP contribution in [0.2, 0.25) is 0 Å². The van der Waals surface area contributed by atoms with Gasteiger partial charge >= 0.3 is 23.2 Å². The van der Waals surface area contributed by atoms with Gasteiger partial charge in [0, 0.05) is 0 Å². The second-order valence-electron chi connectivity index (χ2n) is 6.06. The van der Waals surface area contributed by atoms with Crippen LogP contribution in [0.5, 0.6) is 0 Å². The Morgan fingerprint density at radius 1 is 1.00 bits per heavy atom. The second-order valence-corrected chi connectivity index (χ2v) is 6.06. The summed E-state index contributed by atoms with van der Waals surface area (Å²) >= 11 is 0. The van der Waals surface area contributed by atoms with E-state index in [9.17, 15) is 19.2 Å². The number of ether oxygens (including phenoxy) is 2.